The van der Waals surface area contributed by atoms with Gasteiger partial charge in [-0.2, -0.15) is 13.2 Å². The maximum atomic E-state index is 12.4. The number of carbonyl (C=O) groups is 2. The first-order valence-corrected chi connectivity index (χ1v) is 7.32. The Labute approximate surface area is 149 Å². The van der Waals surface area contributed by atoms with Gasteiger partial charge < -0.3 is 0 Å². The van der Waals surface area contributed by atoms with Crippen LogP contribution in [0.15, 0.2) is 48.9 Å². The molecule has 27 heavy (non-hydrogen) atoms. The molecule has 1 aromatic carbocycles. The smallest absolute Gasteiger partial charge is 0.267 e. The van der Waals surface area contributed by atoms with Gasteiger partial charge in [-0.25, -0.2) is 4.68 Å². The summed E-state index contributed by atoms with van der Waals surface area (Å²) in [7, 11) is 0. The molecule has 138 valence electrons. The fraction of sp³-hybridized carbons (Fsp3) is 0.0667. The Morgan fingerprint density at radius 1 is 0.926 bits per heavy atom. The highest BCUT2D eigenvalue weighted by Crippen LogP contribution is 2.27. The average Bonchev–Trinajstić information content (AvgIpc) is 3.20. The minimum Gasteiger partial charge on any atom is -0.267 e. The van der Waals surface area contributed by atoms with Crippen LogP contribution in [-0.2, 0) is 6.18 Å². The third kappa shape index (κ3) is 4.23. The molecule has 2 heterocycles. The zero-order chi connectivity index (χ0) is 19.4. The Morgan fingerprint density at radius 2 is 1.56 bits per heavy atom. The molecule has 0 aliphatic rings. The van der Waals surface area contributed by atoms with E-state index in [1.807, 2.05) is 0 Å². The van der Waals surface area contributed by atoms with Gasteiger partial charge in [0.1, 0.15) is 12.0 Å². The van der Waals surface area contributed by atoms with Crippen LogP contribution in [0.2, 0.25) is 0 Å². The maximum Gasteiger partial charge on any atom is 0.433 e. The van der Waals surface area contributed by atoms with Crippen LogP contribution in [0.3, 0.4) is 0 Å². The zero-order valence-electron chi connectivity index (χ0n) is 13.3. The molecule has 0 atom stereocenters. The summed E-state index contributed by atoms with van der Waals surface area (Å²) in [6.45, 7) is 0. The first-order valence-electron chi connectivity index (χ1n) is 7.32. The van der Waals surface area contributed by atoms with Crippen molar-refractivity contribution >= 4 is 11.8 Å². The molecule has 3 rings (SSSR count). The van der Waals surface area contributed by atoms with Gasteiger partial charge in [-0.05, 0) is 46.8 Å². The van der Waals surface area contributed by atoms with Gasteiger partial charge >= 0.3 is 6.18 Å². The summed E-state index contributed by atoms with van der Waals surface area (Å²) in [4.78, 5) is 27.1. The molecule has 2 N–H and O–H groups in total. The fourth-order valence-corrected chi connectivity index (χ4v) is 2.00. The molecule has 0 saturated carbocycles. The number of carbonyl (C=O) groups excluding carboxylic acids is 2. The zero-order valence-corrected chi connectivity index (χ0v) is 13.3. The largest absolute Gasteiger partial charge is 0.433 e. The number of nitrogens with zero attached hydrogens (tertiary/aromatic N) is 5. The van der Waals surface area contributed by atoms with Crippen molar-refractivity contribution in [1.29, 1.82) is 0 Å². The summed E-state index contributed by atoms with van der Waals surface area (Å²) < 4.78 is 38.7. The molecule has 0 aliphatic carbocycles. The van der Waals surface area contributed by atoms with Crippen molar-refractivity contribution in [3.8, 4) is 5.69 Å². The second kappa shape index (κ2) is 7.19. The van der Waals surface area contributed by atoms with Gasteiger partial charge in [0, 0.05) is 11.8 Å². The molecular weight excluding hydrogens is 367 g/mol. The summed E-state index contributed by atoms with van der Waals surface area (Å²) in [6.07, 6.45) is -2.45. The van der Waals surface area contributed by atoms with Crippen molar-refractivity contribution in [2.75, 3.05) is 0 Å². The number of halogens is 3. The number of pyridine rings is 1. The third-order valence-electron chi connectivity index (χ3n) is 3.35. The van der Waals surface area contributed by atoms with Crippen molar-refractivity contribution in [2.45, 2.75) is 6.18 Å². The lowest BCUT2D eigenvalue weighted by molar-refractivity contribution is -0.141. The molecule has 0 saturated heterocycles. The lowest BCUT2D eigenvalue weighted by atomic mass is 10.2. The Kier molecular flexibility index (Phi) is 4.79. The first kappa shape index (κ1) is 18.0. The molecule has 0 fully saturated rings. The van der Waals surface area contributed by atoms with E-state index >= 15 is 0 Å². The van der Waals surface area contributed by atoms with Crippen LogP contribution in [0.25, 0.3) is 5.69 Å². The van der Waals surface area contributed by atoms with Gasteiger partial charge in [-0.3, -0.25) is 25.4 Å². The predicted octanol–water partition coefficient (Wildman–Crippen LogP) is 1.15. The van der Waals surface area contributed by atoms with Crippen molar-refractivity contribution in [3.05, 3.63) is 65.7 Å². The lowest BCUT2D eigenvalue weighted by Gasteiger charge is -2.09. The fourth-order valence-electron chi connectivity index (χ4n) is 2.00. The van der Waals surface area contributed by atoms with E-state index in [0.29, 0.717) is 11.8 Å². The molecular formula is C15H10F3N7O2. The Bertz CT molecular complexity index is 939. The molecule has 0 bridgehead atoms. The van der Waals surface area contributed by atoms with Crippen LogP contribution in [0.5, 0.6) is 0 Å². The highest BCUT2D eigenvalue weighted by Gasteiger charge is 2.32. The number of nitrogens with one attached hydrogen (secondary N) is 2. The molecule has 0 aliphatic heterocycles. The minimum atomic E-state index is -4.60. The van der Waals surface area contributed by atoms with Crippen molar-refractivity contribution in [1.82, 2.24) is 36.0 Å². The lowest BCUT2D eigenvalue weighted by Crippen LogP contribution is -2.41. The van der Waals surface area contributed by atoms with E-state index in [1.54, 1.807) is 12.1 Å². The summed E-state index contributed by atoms with van der Waals surface area (Å²) in [5, 5.41) is 10.7. The molecule has 2 aromatic heterocycles. The minimum absolute atomic E-state index is 0.141. The molecule has 0 radical (unpaired) electrons. The number of alkyl halides is 3. The molecule has 3 aromatic rings. The van der Waals surface area contributed by atoms with Crippen LogP contribution in [0.1, 0.15) is 26.4 Å². The normalized spacial score (nSPS) is 11.1. The number of tetrazole rings is 1. The topological polar surface area (TPSA) is 115 Å². The molecule has 0 unspecified atom stereocenters. The first-order chi connectivity index (χ1) is 12.8. The van der Waals surface area contributed by atoms with Crippen molar-refractivity contribution in [2.24, 2.45) is 0 Å². The number of benzene rings is 1. The number of hydrogen-bond acceptors (Lipinski definition) is 6. The van der Waals surface area contributed by atoms with Gasteiger partial charge in [-0.15, -0.1) is 5.10 Å². The average molecular weight is 377 g/mol. The van der Waals surface area contributed by atoms with Gasteiger partial charge in [0.2, 0.25) is 0 Å². The molecule has 9 nitrogen and oxygen atoms in total. The second-order valence-electron chi connectivity index (χ2n) is 5.14. The predicted molar refractivity (Wildman–Crippen MR) is 83.3 cm³/mol. The number of rotatable bonds is 3. The maximum absolute atomic E-state index is 12.4. The molecule has 12 heteroatoms. The second-order valence-corrected chi connectivity index (χ2v) is 5.14. The Morgan fingerprint density at radius 3 is 2.07 bits per heavy atom. The third-order valence-corrected chi connectivity index (χ3v) is 3.35. The van der Waals surface area contributed by atoms with Gasteiger partial charge in [0.15, 0.2) is 0 Å². The molecule has 2 amide bonds. The van der Waals surface area contributed by atoms with Gasteiger partial charge in [-0.1, -0.05) is 0 Å². The van der Waals surface area contributed by atoms with E-state index in [2.05, 4.69) is 31.4 Å². The SMILES string of the molecule is O=C(NNC(=O)c1ccc(C(F)(F)F)nc1)c1ccc(-n2cnnn2)cc1. The summed E-state index contributed by atoms with van der Waals surface area (Å²) in [6, 6.07) is 7.78. The quantitative estimate of drug-likeness (QED) is 0.662. The monoisotopic (exact) mass is 377 g/mol. The summed E-state index contributed by atoms with van der Waals surface area (Å²) in [5.41, 5.74) is 3.86. The van der Waals surface area contributed by atoms with E-state index in [0.717, 1.165) is 12.3 Å². The number of hydrazine groups is 1. The summed E-state index contributed by atoms with van der Waals surface area (Å²) >= 11 is 0. The highest BCUT2D eigenvalue weighted by atomic mass is 19.4. The van der Waals surface area contributed by atoms with Crippen LogP contribution in [0, 0.1) is 0 Å². The van der Waals surface area contributed by atoms with Crippen LogP contribution < -0.4 is 10.9 Å². The number of aromatic nitrogens is 5. The van der Waals surface area contributed by atoms with Crippen LogP contribution >= 0.6 is 0 Å². The number of amides is 2. The standard InChI is InChI=1S/C15H10F3N7O2/c16-15(17,18)12-6-3-10(7-19-12)14(27)22-21-13(26)9-1-4-11(5-2-9)25-8-20-23-24-25/h1-8H,(H,21,26)(H,22,27). The van der Waals surface area contributed by atoms with Crippen LogP contribution in [0.4, 0.5) is 13.2 Å². The highest BCUT2D eigenvalue weighted by molar-refractivity contribution is 5.99. The van der Waals surface area contributed by atoms with E-state index in [-0.39, 0.29) is 11.1 Å². The van der Waals surface area contributed by atoms with Crippen molar-refractivity contribution in [3.63, 3.8) is 0 Å². The van der Waals surface area contributed by atoms with Crippen molar-refractivity contribution < 1.29 is 22.8 Å². The van der Waals surface area contributed by atoms with E-state index in [4.69, 9.17) is 0 Å². The summed E-state index contributed by atoms with van der Waals surface area (Å²) in [5.74, 6) is -1.43. The van der Waals surface area contributed by atoms with Crippen LogP contribution in [-0.4, -0.2) is 37.0 Å². The molecule has 0 spiro atoms. The van der Waals surface area contributed by atoms with E-state index in [9.17, 15) is 22.8 Å². The van der Waals surface area contributed by atoms with Gasteiger partial charge in [0.05, 0.1) is 11.3 Å². The number of hydrogen-bond donors (Lipinski definition) is 2. The Balaban J connectivity index is 1.59. The Hall–Kier alpha value is -3.83. The van der Waals surface area contributed by atoms with E-state index in [1.165, 1.54) is 23.1 Å². The van der Waals surface area contributed by atoms with E-state index < -0.39 is 23.7 Å². The van der Waals surface area contributed by atoms with Gasteiger partial charge in [0.25, 0.3) is 11.8 Å².